The molecule has 21 heavy (non-hydrogen) atoms. The van der Waals surface area contributed by atoms with Crippen molar-refractivity contribution in [3.05, 3.63) is 42.2 Å². The van der Waals surface area contributed by atoms with E-state index in [4.69, 9.17) is 0 Å². The van der Waals surface area contributed by atoms with Gasteiger partial charge in [-0.25, -0.2) is 0 Å². The summed E-state index contributed by atoms with van der Waals surface area (Å²) in [5.74, 6) is 0.469. The molecule has 0 saturated carbocycles. The highest BCUT2D eigenvalue weighted by atomic mass is 16.3. The standard InChI is InChI=1S/C13H12N6O2/c1-8(10-3-2-9(20)6-11(10)21)15-16-12-4-5-13-17-14-7-19(13)18-12/h2-7,20-21H,1H3,(H,16,18). The summed E-state index contributed by atoms with van der Waals surface area (Å²) in [5, 5.41) is 35.0. The first-order chi connectivity index (χ1) is 10.1. The third-order valence-corrected chi connectivity index (χ3v) is 2.87. The maximum atomic E-state index is 9.77. The number of hydrogen-bond acceptors (Lipinski definition) is 7. The van der Waals surface area contributed by atoms with E-state index in [0.29, 0.717) is 22.7 Å². The fourth-order valence-electron chi connectivity index (χ4n) is 1.82. The Morgan fingerprint density at radius 2 is 2.10 bits per heavy atom. The number of phenols is 2. The lowest BCUT2D eigenvalue weighted by Gasteiger charge is -2.05. The average Bonchev–Trinajstić information content (AvgIpc) is 2.92. The normalized spacial score (nSPS) is 11.8. The van der Waals surface area contributed by atoms with Crippen molar-refractivity contribution in [2.24, 2.45) is 5.10 Å². The van der Waals surface area contributed by atoms with Crippen LogP contribution in [0.2, 0.25) is 0 Å². The van der Waals surface area contributed by atoms with Crippen LogP contribution < -0.4 is 5.43 Å². The molecule has 3 aromatic rings. The Kier molecular flexibility index (Phi) is 3.11. The minimum Gasteiger partial charge on any atom is -0.508 e. The molecule has 0 fully saturated rings. The lowest BCUT2D eigenvalue weighted by molar-refractivity contribution is 0.450. The lowest BCUT2D eigenvalue weighted by atomic mass is 10.1. The van der Waals surface area contributed by atoms with E-state index in [2.05, 4.69) is 25.8 Å². The van der Waals surface area contributed by atoms with Gasteiger partial charge in [-0.1, -0.05) is 0 Å². The van der Waals surface area contributed by atoms with Gasteiger partial charge in [0.2, 0.25) is 0 Å². The van der Waals surface area contributed by atoms with E-state index in [1.807, 2.05) is 0 Å². The zero-order valence-electron chi connectivity index (χ0n) is 11.1. The zero-order valence-corrected chi connectivity index (χ0v) is 11.1. The summed E-state index contributed by atoms with van der Waals surface area (Å²) in [6.45, 7) is 1.73. The average molecular weight is 284 g/mol. The number of nitrogens with one attached hydrogen (secondary N) is 1. The van der Waals surface area contributed by atoms with Crippen molar-refractivity contribution in [3.63, 3.8) is 0 Å². The molecule has 0 bridgehead atoms. The van der Waals surface area contributed by atoms with Crippen LogP contribution in [0.15, 0.2) is 41.8 Å². The quantitative estimate of drug-likeness (QED) is 0.495. The van der Waals surface area contributed by atoms with Crippen molar-refractivity contribution >= 4 is 17.2 Å². The number of rotatable bonds is 3. The van der Waals surface area contributed by atoms with Gasteiger partial charge in [-0.15, -0.1) is 15.3 Å². The second-order valence-electron chi connectivity index (χ2n) is 4.36. The minimum atomic E-state index is -0.0414. The number of aromatic hydroxyl groups is 2. The first-order valence-electron chi connectivity index (χ1n) is 6.13. The van der Waals surface area contributed by atoms with Gasteiger partial charge in [-0.05, 0) is 31.2 Å². The third kappa shape index (κ3) is 2.59. The van der Waals surface area contributed by atoms with Crippen LogP contribution in [0.4, 0.5) is 5.82 Å². The van der Waals surface area contributed by atoms with Crippen LogP contribution in [0.5, 0.6) is 11.5 Å². The van der Waals surface area contributed by atoms with Crippen LogP contribution in [-0.4, -0.2) is 35.7 Å². The number of hydrogen-bond donors (Lipinski definition) is 3. The summed E-state index contributed by atoms with van der Waals surface area (Å²) < 4.78 is 1.52. The SMILES string of the molecule is CC(=NNc1ccc2nncn2n1)c1ccc(O)cc1O. The monoisotopic (exact) mass is 284 g/mol. The Hall–Kier alpha value is -3.16. The smallest absolute Gasteiger partial charge is 0.177 e. The van der Waals surface area contributed by atoms with Crippen LogP contribution in [0.25, 0.3) is 5.65 Å². The fourth-order valence-corrected chi connectivity index (χ4v) is 1.82. The van der Waals surface area contributed by atoms with Gasteiger partial charge in [0.05, 0.1) is 5.71 Å². The van der Waals surface area contributed by atoms with E-state index in [1.54, 1.807) is 25.1 Å². The van der Waals surface area contributed by atoms with Gasteiger partial charge in [0.1, 0.15) is 17.8 Å². The molecule has 0 aliphatic carbocycles. The van der Waals surface area contributed by atoms with Crippen LogP contribution in [-0.2, 0) is 0 Å². The molecule has 106 valence electrons. The molecule has 0 atom stereocenters. The van der Waals surface area contributed by atoms with Crippen molar-refractivity contribution < 1.29 is 10.2 Å². The number of nitrogens with zero attached hydrogens (tertiary/aromatic N) is 5. The number of fused-ring (bicyclic) bond motifs is 1. The number of benzene rings is 1. The maximum Gasteiger partial charge on any atom is 0.177 e. The Balaban J connectivity index is 1.84. The Labute approximate surface area is 119 Å². The molecule has 2 heterocycles. The summed E-state index contributed by atoms with van der Waals surface area (Å²) in [4.78, 5) is 0. The molecule has 0 unspecified atom stereocenters. The molecule has 0 amide bonds. The zero-order chi connectivity index (χ0) is 14.8. The molecule has 8 nitrogen and oxygen atoms in total. The van der Waals surface area contributed by atoms with Gasteiger partial charge >= 0.3 is 0 Å². The van der Waals surface area contributed by atoms with E-state index in [1.165, 1.54) is 23.0 Å². The molecular weight excluding hydrogens is 272 g/mol. The highest BCUT2D eigenvalue weighted by Gasteiger charge is 2.06. The molecular formula is C13H12N6O2. The van der Waals surface area contributed by atoms with E-state index < -0.39 is 0 Å². The van der Waals surface area contributed by atoms with Gasteiger partial charge in [-0.2, -0.15) is 9.62 Å². The van der Waals surface area contributed by atoms with E-state index in [9.17, 15) is 10.2 Å². The van der Waals surface area contributed by atoms with Crippen molar-refractivity contribution in [2.75, 3.05) is 5.43 Å². The molecule has 8 heteroatoms. The minimum absolute atomic E-state index is 0.00302. The van der Waals surface area contributed by atoms with Gasteiger partial charge < -0.3 is 10.2 Å². The van der Waals surface area contributed by atoms with E-state index >= 15 is 0 Å². The second-order valence-corrected chi connectivity index (χ2v) is 4.36. The van der Waals surface area contributed by atoms with Crippen LogP contribution in [0, 0.1) is 0 Å². The molecule has 3 N–H and O–H groups in total. The summed E-state index contributed by atoms with van der Waals surface area (Å²) in [7, 11) is 0. The largest absolute Gasteiger partial charge is 0.508 e. The predicted octanol–water partition coefficient (Wildman–Crippen LogP) is 1.37. The second kappa shape index (κ2) is 5.08. The summed E-state index contributed by atoms with van der Waals surface area (Å²) in [6, 6.07) is 7.80. The van der Waals surface area contributed by atoms with Crippen molar-refractivity contribution in [1.29, 1.82) is 0 Å². The molecule has 3 rings (SSSR count). The first-order valence-corrected chi connectivity index (χ1v) is 6.13. The van der Waals surface area contributed by atoms with Crippen LogP contribution in [0.3, 0.4) is 0 Å². The molecule has 1 aromatic carbocycles. The van der Waals surface area contributed by atoms with Crippen LogP contribution in [0.1, 0.15) is 12.5 Å². The molecule has 2 aromatic heterocycles. The Morgan fingerprint density at radius 3 is 2.90 bits per heavy atom. The molecule has 0 saturated heterocycles. The van der Waals surface area contributed by atoms with Crippen LogP contribution >= 0.6 is 0 Å². The summed E-state index contributed by atoms with van der Waals surface area (Å²) in [5.41, 5.74) is 4.50. The first kappa shape index (κ1) is 12.9. The van der Waals surface area contributed by atoms with Crippen molar-refractivity contribution in [2.45, 2.75) is 6.92 Å². The maximum absolute atomic E-state index is 9.77. The van der Waals surface area contributed by atoms with Gasteiger partial charge in [0.25, 0.3) is 0 Å². The predicted molar refractivity (Wildman–Crippen MR) is 76.4 cm³/mol. The van der Waals surface area contributed by atoms with Crippen molar-refractivity contribution in [3.8, 4) is 11.5 Å². The number of phenolic OH excluding ortho intramolecular Hbond substituents is 2. The molecule has 0 aliphatic rings. The number of aromatic nitrogens is 4. The summed E-state index contributed by atoms with van der Waals surface area (Å²) in [6.07, 6.45) is 1.49. The Morgan fingerprint density at radius 1 is 1.24 bits per heavy atom. The number of hydrazone groups is 1. The lowest BCUT2D eigenvalue weighted by Crippen LogP contribution is -2.02. The fraction of sp³-hybridized carbons (Fsp3) is 0.0769. The summed E-state index contributed by atoms with van der Waals surface area (Å²) >= 11 is 0. The highest BCUT2D eigenvalue weighted by Crippen LogP contribution is 2.23. The Bertz CT molecular complexity index is 826. The number of anilines is 1. The highest BCUT2D eigenvalue weighted by molar-refractivity contribution is 6.01. The molecule has 0 radical (unpaired) electrons. The van der Waals surface area contributed by atoms with Crippen molar-refractivity contribution in [1.82, 2.24) is 19.8 Å². The van der Waals surface area contributed by atoms with E-state index in [-0.39, 0.29) is 11.5 Å². The molecule has 0 spiro atoms. The third-order valence-electron chi connectivity index (χ3n) is 2.87. The topological polar surface area (TPSA) is 108 Å². The molecule has 0 aliphatic heterocycles. The van der Waals surface area contributed by atoms with Gasteiger partial charge in [-0.3, -0.25) is 5.43 Å². The van der Waals surface area contributed by atoms with Gasteiger partial charge in [0, 0.05) is 11.6 Å². The van der Waals surface area contributed by atoms with Gasteiger partial charge in [0.15, 0.2) is 11.5 Å². The van der Waals surface area contributed by atoms with E-state index in [0.717, 1.165) is 0 Å².